The van der Waals surface area contributed by atoms with Crippen molar-refractivity contribution in [1.29, 1.82) is 0 Å². The van der Waals surface area contributed by atoms with Gasteiger partial charge in [0.25, 0.3) is 0 Å². The fourth-order valence-corrected chi connectivity index (χ4v) is 1.68. The van der Waals surface area contributed by atoms with Gasteiger partial charge in [-0.3, -0.25) is 0 Å². The molecule has 0 aliphatic carbocycles. The molecule has 1 rings (SSSR count). The molecule has 0 fully saturated rings. The molecule has 0 nitrogen and oxygen atoms in total. The van der Waals surface area contributed by atoms with Crippen molar-refractivity contribution in [1.82, 2.24) is 0 Å². The number of hydrogen-bond acceptors (Lipinski definition) is 1. The number of rotatable bonds is 2. The third-order valence-corrected chi connectivity index (χ3v) is 2.41. The Balaban J connectivity index is 0.000000561. The van der Waals surface area contributed by atoms with E-state index in [9.17, 15) is 0 Å². The van der Waals surface area contributed by atoms with Gasteiger partial charge in [-0.2, -0.15) is 0 Å². The molecule has 0 aliphatic heterocycles. The van der Waals surface area contributed by atoms with Crippen LogP contribution in [0.1, 0.15) is 26.3 Å². The van der Waals surface area contributed by atoms with Crippen molar-refractivity contribution in [2.75, 3.05) is 6.26 Å². The van der Waals surface area contributed by atoms with Gasteiger partial charge in [-0.1, -0.05) is 39.0 Å². The zero-order valence-electron chi connectivity index (χ0n) is 8.42. The SMILES string of the molecule is CC.CCc1ccccc1SC. The van der Waals surface area contributed by atoms with E-state index < -0.39 is 0 Å². The number of aryl methyl sites for hydroxylation is 1. The monoisotopic (exact) mass is 182 g/mol. The molecule has 12 heavy (non-hydrogen) atoms. The van der Waals surface area contributed by atoms with Crippen molar-refractivity contribution in [2.24, 2.45) is 0 Å². The molecule has 68 valence electrons. The first kappa shape index (κ1) is 11.6. The van der Waals surface area contributed by atoms with E-state index in [1.165, 1.54) is 10.5 Å². The van der Waals surface area contributed by atoms with Gasteiger partial charge in [0.05, 0.1) is 0 Å². The molecule has 0 unspecified atom stereocenters. The minimum atomic E-state index is 1.14. The summed E-state index contributed by atoms with van der Waals surface area (Å²) in [6.45, 7) is 6.19. The molecular formula is C11H18S. The molecule has 0 spiro atoms. The Hall–Kier alpha value is -0.430. The molecule has 0 saturated carbocycles. The molecule has 1 heteroatoms. The molecular weight excluding hydrogens is 164 g/mol. The molecule has 0 radical (unpaired) electrons. The normalized spacial score (nSPS) is 8.67. The maximum atomic E-state index is 2.19. The van der Waals surface area contributed by atoms with Gasteiger partial charge >= 0.3 is 0 Å². The molecule has 0 aliphatic rings. The van der Waals surface area contributed by atoms with Gasteiger partial charge in [-0.05, 0) is 24.3 Å². The Bertz CT molecular complexity index is 183. The highest BCUT2D eigenvalue weighted by atomic mass is 32.2. The van der Waals surface area contributed by atoms with E-state index in [1.807, 2.05) is 25.6 Å². The van der Waals surface area contributed by atoms with Crippen molar-refractivity contribution in [3.63, 3.8) is 0 Å². The molecule has 1 aromatic rings. The van der Waals surface area contributed by atoms with Crippen molar-refractivity contribution >= 4 is 11.8 Å². The second kappa shape index (κ2) is 7.23. The molecule has 0 atom stereocenters. The maximum absolute atomic E-state index is 2.19. The molecule has 0 heterocycles. The van der Waals surface area contributed by atoms with Crippen molar-refractivity contribution in [2.45, 2.75) is 32.1 Å². The molecule has 1 aromatic carbocycles. The van der Waals surface area contributed by atoms with Crippen LogP contribution in [0.2, 0.25) is 0 Å². The van der Waals surface area contributed by atoms with E-state index >= 15 is 0 Å². The van der Waals surface area contributed by atoms with E-state index in [4.69, 9.17) is 0 Å². The van der Waals surface area contributed by atoms with Gasteiger partial charge in [-0.25, -0.2) is 0 Å². The van der Waals surface area contributed by atoms with Gasteiger partial charge < -0.3 is 0 Å². The van der Waals surface area contributed by atoms with Crippen LogP contribution in [0, 0.1) is 0 Å². The van der Waals surface area contributed by atoms with Gasteiger partial charge in [0.2, 0.25) is 0 Å². The predicted octanol–water partition coefficient (Wildman–Crippen LogP) is 4.00. The van der Waals surface area contributed by atoms with Crippen LogP contribution in [0.4, 0.5) is 0 Å². The Morgan fingerprint density at radius 2 is 1.75 bits per heavy atom. The van der Waals surface area contributed by atoms with Gasteiger partial charge in [0, 0.05) is 4.90 Å². The molecule has 0 aromatic heterocycles. The Kier molecular flexibility index (Phi) is 6.97. The third kappa shape index (κ3) is 3.31. The van der Waals surface area contributed by atoms with E-state index in [-0.39, 0.29) is 0 Å². The van der Waals surface area contributed by atoms with Crippen LogP contribution in [0.5, 0.6) is 0 Å². The summed E-state index contributed by atoms with van der Waals surface area (Å²) in [5.41, 5.74) is 1.45. The highest BCUT2D eigenvalue weighted by molar-refractivity contribution is 7.98. The largest absolute Gasteiger partial charge is 0.129 e. The molecule has 0 amide bonds. The van der Waals surface area contributed by atoms with Crippen molar-refractivity contribution in [3.05, 3.63) is 29.8 Å². The van der Waals surface area contributed by atoms with Crippen LogP contribution in [-0.2, 0) is 6.42 Å². The summed E-state index contributed by atoms with van der Waals surface area (Å²) in [7, 11) is 0. The van der Waals surface area contributed by atoms with Gasteiger partial charge in [0.15, 0.2) is 0 Å². The second-order valence-corrected chi connectivity index (χ2v) is 3.01. The van der Waals surface area contributed by atoms with Crippen LogP contribution < -0.4 is 0 Å². The standard InChI is InChI=1S/C9H12S.C2H6/c1-3-8-6-4-5-7-9(8)10-2;1-2/h4-7H,3H2,1-2H3;1-2H3. The summed E-state index contributed by atoms with van der Waals surface area (Å²) in [6, 6.07) is 8.54. The zero-order chi connectivity index (χ0) is 9.40. The average molecular weight is 182 g/mol. The lowest BCUT2D eigenvalue weighted by atomic mass is 10.2. The summed E-state index contributed by atoms with van der Waals surface area (Å²) in [4.78, 5) is 1.41. The van der Waals surface area contributed by atoms with E-state index in [0.717, 1.165) is 6.42 Å². The van der Waals surface area contributed by atoms with Gasteiger partial charge in [-0.15, -0.1) is 11.8 Å². The zero-order valence-corrected chi connectivity index (χ0v) is 9.24. The van der Waals surface area contributed by atoms with Crippen LogP contribution in [0.3, 0.4) is 0 Å². The lowest BCUT2D eigenvalue weighted by Gasteiger charge is -2.01. The maximum Gasteiger partial charge on any atom is 0.0101 e. The lowest BCUT2D eigenvalue weighted by Crippen LogP contribution is -1.81. The second-order valence-electron chi connectivity index (χ2n) is 2.17. The smallest absolute Gasteiger partial charge is 0.0101 e. The number of thioether (sulfide) groups is 1. The van der Waals surface area contributed by atoms with Crippen LogP contribution in [0.15, 0.2) is 29.2 Å². The van der Waals surface area contributed by atoms with Crippen LogP contribution in [0.25, 0.3) is 0 Å². The molecule has 0 bridgehead atoms. The first-order valence-electron chi connectivity index (χ1n) is 4.50. The summed E-state index contributed by atoms with van der Waals surface area (Å²) >= 11 is 1.82. The predicted molar refractivity (Wildman–Crippen MR) is 58.9 cm³/mol. The van der Waals surface area contributed by atoms with E-state index in [2.05, 4.69) is 37.4 Å². The fourth-order valence-electron chi connectivity index (χ4n) is 0.995. The van der Waals surface area contributed by atoms with E-state index in [1.54, 1.807) is 0 Å². The molecule has 0 N–H and O–H groups in total. The topological polar surface area (TPSA) is 0 Å². The van der Waals surface area contributed by atoms with Gasteiger partial charge in [0.1, 0.15) is 0 Å². The number of benzene rings is 1. The minimum absolute atomic E-state index is 1.14. The Labute approximate surface area is 80.4 Å². The highest BCUT2D eigenvalue weighted by Gasteiger charge is 1.94. The first-order valence-corrected chi connectivity index (χ1v) is 5.73. The lowest BCUT2D eigenvalue weighted by molar-refractivity contribution is 1.08. The Morgan fingerprint density at radius 1 is 1.17 bits per heavy atom. The average Bonchev–Trinajstić information content (AvgIpc) is 2.20. The van der Waals surface area contributed by atoms with Crippen molar-refractivity contribution in [3.8, 4) is 0 Å². The highest BCUT2D eigenvalue weighted by Crippen LogP contribution is 2.19. The fraction of sp³-hybridized carbons (Fsp3) is 0.455. The molecule has 0 saturated heterocycles. The summed E-state index contributed by atoms with van der Waals surface area (Å²) in [5.74, 6) is 0. The summed E-state index contributed by atoms with van der Waals surface area (Å²) in [5, 5.41) is 0. The van der Waals surface area contributed by atoms with Crippen LogP contribution in [-0.4, -0.2) is 6.26 Å². The summed E-state index contributed by atoms with van der Waals surface area (Å²) < 4.78 is 0. The van der Waals surface area contributed by atoms with Crippen molar-refractivity contribution < 1.29 is 0 Å². The van der Waals surface area contributed by atoms with E-state index in [0.29, 0.717) is 0 Å². The van der Waals surface area contributed by atoms with Crippen LogP contribution >= 0.6 is 11.8 Å². The Morgan fingerprint density at radius 3 is 2.17 bits per heavy atom. The quantitative estimate of drug-likeness (QED) is 0.623. The third-order valence-electron chi connectivity index (χ3n) is 1.57. The first-order chi connectivity index (χ1) is 5.88. The number of hydrogen-bond donors (Lipinski definition) is 0. The minimum Gasteiger partial charge on any atom is -0.129 e. The summed E-state index contributed by atoms with van der Waals surface area (Å²) in [6.07, 6.45) is 3.26.